The quantitative estimate of drug-likeness (QED) is 0.833. The molecule has 2 rings (SSSR count). The molecule has 0 aliphatic heterocycles. The van der Waals surface area contributed by atoms with E-state index in [2.05, 4.69) is 26.1 Å². The van der Waals surface area contributed by atoms with Gasteiger partial charge in [-0.05, 0) is 49.1 Å². The van der Waals surface area contributed by atoms with Crippen molar-refractivity contribution >= 4 is 11.7 Å². The molecule has 1 aromatic rings. The molecule has 0 radical (unpaired) electrons. The molecule has 3 heteroatoms. The lowest BCUT2D eigenvalue weighted by atomic mass is 9.71. The van der Waals surface area contributed by atoms with Gasteiger partial charge in [0, 0.05) is 11.7 Å². The number of nitrogens with one attached hydrogen (secondary N) is 1. The first kappa shape index (κ1) is 15.9. The molecule has 21 heavy (non-hydrogen) atoms. The molecule has 1 aliphatic carbocycles. The highest BCUT2D eigenvalue weighted by Crippen LogP contribution is 2.38. The molecule has 0 bridgehead atoms. The molecule has 0 saturated heterocycles. The van der Waals surface area contributed by atoms with Crippen LogP contribution in [0.1, 0.15) is 56.8 Å². The Morgan fingerprint density at radius 3 is 2.33 bits per heavy atom. The number of carbonyl (C=O) groups is 1. The van der Waals surface area contributed by atoms with Crippen LogP contribution in [0.3, 0.4) is 0 Å². The van der Waals surface area contributed by atoms with E-state index < -0.39 is 0 Å². The molecular weight excluding hydrogens is 262 g/mol. The largest absolute Gasteiger partial charge is 0.465 e. The van der Waals surface area contributed by atoms with Gasteiger partial charge in [0.25, 0.3) is 0 Å². The van der Waals surface area contributed by atoms with Gasteiger partial charge in [-0.1, -0.05) is 32.9 Å². The molecule has 1 N–H and O–H groups in total. The maximum atomic E-state index is 11.8. The average molecular weight is 289 g/mol. The van der Waals surface area contributed by atoms with Crippen molar-refractivity contribution in [3.63, 3.8) is 0 Å². The Morgan fingerprint density at radius 2 is 1.76 bits per heavy atom. The summed E-state index contributed by atoms with van der Waals surface area (Å²) in [6.45, 7) is 6.99. The summed E-state index contributed by atoms with van der Waals surface area (Å²) in [7, 11) is 1.42. The summed E-state index contributed by atoms with van der Waals surface area (Å²) in [5, 5.41) is 3.54. The molecule has 0 unspecified atom stereocenters. The van der Waals surface area contributed by atoms with Crippen LogP contribution in [0.2, 0.25) is 0 Å². The van der Waals surface area contributed by atoms with E-state index in [1.807, 2.05) is 24.3 Å². The van der Waals surface area contributed by atoms with Gasteiger partial charge in [0.2, 0.25) is 0 Å². The second-order valence-electron chi connectivity index (χ2n) is 7.10. The minimum Gasteiger partial charge on any atom is -0.465 e. The molecule has 1 saturated carbocycles. The van der Waals surface area contributed by atoms with Crippen LogP contribution in [0.25, 0.3) is 0 Å². The van der Waals surface area contributed by atoms with E-state index in [1.54, 1.807) is 0 Å². The predicted octanol–water partition coefficient (Wildman–Crippen LogP) is 4.49. The Hall–Kier alpha value is -1.51. The normalized spacial score (nSPS) is 22.7. The molecule has 0 aromatic heterocycles. The Bertz CT molecular complexity index is 482. The molecule has 0 spiro atoms. The molecule has 1 aliphatic rings. The number of rotatable bonds is 3. The third-order valence-corrected chi connectivity index (χ3v) is 4.64. The fraction of sp³-hybridized carbons (Fsp3) is 0.611. The van der Waals surface area contributed by atoms with Crippen molar-refractivity contribution in [3.05, 3.63) is 29.8 Å². The van der Waals surface area contributed by atoms with Crippen molar-refractivity contribution in [3.8, 4) is 0 Å². The van der Waals surface area contributed by atoms with E-state index >= 15 is 0 Å². The molecule has 0 heterocycles. The summed E-state index contributed by atoms with van der Waals surface area (Å²) in [5.41, 5.74) is 1.91. The Balaban J connectivity index is 2.00. The lowest BCUT2D eigenvalue weighted by Crippen LogP contribution is -2.32. The van der Waals surface area contributed by atoms with Gasteiger partial charge < -0.3 is 10.1 Å². The van der Waals surface area contributed by atoms with Gasteiger partial charge in [-0.15, -0.1) is 0 Å². The van der Waals surface area contributed by atoms with Crippen LogP contribution in [0, 0.1) is 11.3 Å². The summed E-state index contributed by atoms with van der Waals surface area (Å²) < 4.78 is 4.85. The Morgan fingerprint density at radius 1 is 1.14 bits per heavy atom. The third kappa shape index (κ3) is 3.99. The topological polar surface area (TPSA) is 38.3 Å². The van der Waals surface area contributed by atoms with E-state index in [9.17, 15) is 4.79 Å². The summed E-state index contributed by atoms with van der Waals surface area (Å²) in [4.78, 5) is 11.8. The van der Waals surface area contributed by atoms with Gasteiger partial charge >= 0.3 is 5.97 Å². The number of para-hydroxylation sites is 1. The van der Waals surface area contributed by atoms with Crippen LogP contribution in [-0.4, -0.2) is 19.1 Å². The van der Waals surface area contributed by atoms with E-state index in [-0.39, 0.29) is 5.97 Å². The first-order chi connectivity index (χ1) is 9.91. The highest BCUT2D eigenvalue weighted by atomic mass is 16.5. The van der Waals surface area contributed by atoms with Crippen molar-refractivity contribution in [2.24, 2.45) is 11.3 Å². The summed E-state index contributed by atoms with van der Waals surface area (Å²) in [6, 6.07) is 8.05. The summed E-state index contributed by atoms with van der Waals surface area (Å²) >= 11 is 0. The number of benzene rings is 1. The molecule has 0 atom stereocenters. The number of esters is 1. The highest BCUT2D eigenvalue weighted by Gasteiger charge is 2.29. The van der Waals surface area contributed by atoms with Crippen LogP contribution < -0.4 is 5.32 Å². The van der Waals surface area contributed by atoms with E-state index in [0.717, 1.165) is 24.4 Å². The van der Waals surface area contributed by atoms with Gasteiger partial charge in [0.05, 0.1) is 12.7 Å². The molecule has 116 valence electrons. The lowest BCUT2D eigenvalue weighted by Gasteiger charge is -2.37. The van der Waals surface area contributed by atoms with Crippen molar-refractivity contribution < 1.29 is 9.53 Å². The minimum absolute atomic E-state index is 0.276. The summed E-state index contributed by atoms with van der Waals surface area (Å²) in [5.74, 6) is 0.521. The van der Waals surface area contributed by atoms with Crippen LogP contribution in [0.5, 0.6) is 0 Å². The Kier molecular flexibility index (Phi) is 4.92. The van der Waals surface area contributed by atoms with E-state index in [0.29, 0.717) is 17.0 Å². The maximum absolute atomic E-state index is 11.8. The second kappa shape index (κ2) is 6.50. The number of anilines is 1. The zero-order valence-electron chi connectivity index (χ0n) is 13.6. The van der Waals surface area contributed by atoms with Crippen molar-refractivity contribution in [2.45, 2.75) is 52.5 Å². The number of methoxy groups -OCH3 is 1. The average Bonchev–Trinajstić information content (AvgIpc) is 2.46. The number of ether oxygens (including phenoxy) is 1. The molecule has 0 amide bonds. The number of hydrogen-bond donors (Lipinski definition) is 1. The van der Waals surface area contributed by atoms with E-state index in [4.69, 9.17) is 4.74 Å². The predicted molar refractivity (Wildman–Crippen MR) is 86.6 cm³/mol. The van der Waals surface area contributed by atoms with Crippen LogP contribution in [0.4, 0.5) is 5.69 Å². The third-order valence-electron chi connectivity index (χ3n) is 4.64. The summed E-state index contributed by atoms with van der Waals surface area (Å²) in [6.07, 6.45) is 4.83. The highest BCUT2D eigenvalue weighted by molar-refractivity contribution is 5.95. The van der Waals surface area contributed by atoms with E-state index in [1.165, 1.54) is 20.0 Å². The van der Waals surface area contributed by atoms with Crippen LogP contribution in [-0.2, 0) is 4.74 Å². The zero-order chi connectivity index (χ0) is 15.5. The maximum Gasteiger partial charge on any atom is 0.339 e. The van der Waals surface area contributed by atoms with Crippen LogP contribution >= 0.6 is 0 Å². The van der Waals surface area contributed by atoms with Gasteiger partial charge in [0.1, 0.15) is 0 Å². The van der Waals surface area contributed by atoms with Gasteiger partial charge in [-0.25, -0.2) is 4.79 Å². The lowest BCUT2D eigenvalue weighted by molar-refractivity contribution is 0.0601. The molecule has 1 fully saturated rings. The first-order valence-corrected chi connectivity index (χ1v) is 7.85. The smallest absolute Gasteiger partial charge is 0.339 e. The molecule has 1 aromatic carbocycles. The Labute approximate surface area is 128 Å². The monoisotopic (exact) mass is 289 g/mol. The zero-order valence-corrected chi connectivity index (χ0v) is 13.6. The molecular formula is C18H27NO2. The van der Waals surface area contributed by atoms with Crippen molar-refractivity contribution in [1.82, 2.24) is 0 Å². The first-order valence-electron chi connectivity index (χ1n) is 7.85. The number of carbonyl (C=O) groups excluding carboxylic acids is 1. The van der Waals surface area contributed by atoms with Crippen molar-refractivity contribution in [2.75, 3.05) is 12.4 Å². The van der Waals surface area contributed by atoms with Gasteiger partial charge in [0.15, 0.2) is 0 Å². The SMILES string of the molecule is COC(=O)c1ccccc1NC1CCC(C(C)(C)C)CC1. The van der Waals surface area contributed by atoms with Gasteiger partial charge in [-0.2, -0.15) is 0 Å². The fourth-order valence-corrected chi connectivity index (χ4v) is 3.22. The van der Waals surface area contributed by atoms with Crippen LogP contribution in [0.15, 0.2) is 24.3 Å². The number of hydrogen-bond acceptors (Lipinski definition) is 3. The standard InChI is InChI=1S/C18H27NO2/c1-18(2,3)13-9-11-14(12-10-13)19-16-8-6-5-7-15(16)17(20)21-4/h5-8,13-14,19H,9-12H2,1-4H3. The minimum atomic E-state index is -0.276. The fourth-order valence-electron chi connectivity index (χ4n) is 3.22. The second-order valence-corrected chi connectivity index (χ2v) is 7.10. The molecule has 3 nitrogen and oxygen atoms in total. The van der Waals surface area contributed by atoms with Crippen molar-refractivity contribution in [1.29, 1.82) is 0 Å². The van der Waals surface area contributed by atoms with Gasteiger partial charge in [-0.3, -0.25) is 0 Å².